The van der Waals surface area contributed by atoms with Crippen molar-refractivity contribution in [2.45, 2.75) is 58.8 Å². The SMILES string of the molecule is CCCCCN(CCCCC)CCCNC. The predicted octanol–water partition coefficient (Wildman–Crippen LogP) is 3.28. The summed E-state index contributed by atoms with van der Waals surface area (Å²) < 4.78 is 0. The average molecular weight is 228 g/mol. The molecule has 0 aromatic carbocycles. The lowest BCUT2D eigenvalue weighted by atomic mass is 10.2. The van der Waals surface area contributed by atoms with Crippen LogP contribution in [0.25, 0.3) is 0 Å². The lowest BCUT2D eigenvalue weighted by molar-refractivity contribution is 0.258. The van der Waals surface area contributed by atoms with Crippen molar-refractivity contribution in [1.29, 1.82) is 0 Å². The number of unbranched alkanes of at least 4 members (excludes halogenated alkanes) is 4. The Balaban J connectivity index is 3.58. The first-order chi connectivity index (χ1) is 7.85. The minimum absolute atomic E-state index is 1.15. The van der Waals surface area contributed by atoms with Crippen molar-refractivity contribution >= 4 is 0 Å². The summed E-state index contributed by atoms with van der Waals surface area (Å²) >= 11 is 0. The van der Waals surface area contributed by atoms with E-state index in [1.807, 2.05) is 7.05 Å². The van der Waals surface area contributed by atoms with Gasteiger partial charge in [-0.05, 0) is 52.5 Å². The Morgan fingerprint density at radius 3 is 1.69 bits per heavy atom. The van der Waals surface area contributed by atoms with Crippen LogP contribution in [0.4, 0.5) is 0 Å². The molecule has 0 aromatic heterocycles. The molecule has 0 saturated carbocycles. The number of nitrogens with one attached hydrogen (secondary N) is 1. The van der Waals surface area contributed by atoms with Crippen molar-refractivity contribution in [1.82, 2.24) is 10.2 Å². The maximum Gasteiger partial charge on any atom is -0.000664 e. The van der Waals surface area contributed by atoms with Crippen molar-refractivity contribution in [3.8, 4) is 0 Å². The van der Waals surface area contributed by atoms with E-state index in [0.717, 1.165) is 6.54 Å². The van der Waals surface area contributed by atoms with E-state index in [1.165, 1.54) is 64.6 Å². The van der Waals surface area contributed by atoms with E-state index in [1.54, 1.807) is 0 Å². The molecule has 0 heterocycles. The van der Waals surface area contributed by atoms with E-state index in [4.69, 9.17) is 0 Å². The van der Waals surface area contributed by atoms with Gasteiger partial charge in [-0.2, -0.15) is 0 Å². The van der Waals surface area contributed by atoms with Gasteiger partial charge in [-0.15, -0.1) is 0 Å². The first kappa shape index (κ1) is 15.9. The minimum Gasteiger partial charge on any atom is -0.320 e. The molecule has 0 bridgehead atoms. The minimum atomic E-state index is 1.15. The predicted molar refractivity (Wildman–Crippen MR) is 74.0 cm³/mol. The Hall–Kier alpha value is -0.0800. The van der Waals surface area contributed by atoms with Gasteiger partial charge in [0.2, 0.25) is 0 Å². The summed E-state index contributed by atoms with van der Waals surface area (Å²) in [7, 11) is 2.04. The highest BCUT2D eigenvalue weighted by molar-refractivity contribution is 4.59. The van der Waals surface area contributed by atoms with Gasteiger partial charge in [-0.25, -0.2) is 0 Å². The van der Waals surface area contributed by atoms with Crippen LogP contribution in [0, 0.1) is 0 Å². The van der Waals surface area contributed by atoms with Crippen LogP contribution in [0.1, 0.15) is 58.8 Å². The van der Waals surface area contributed by atoms with Gasteiger partial charge in [0.15, 0.2) is 0 Å². The summed E-state index contributed by atoms with van der Waals surface area (Å²) in [4.78, 5) is 2.66. The van der Waals surface area contributed by atoms with E-state index in [-0.39, 0.29) is 0 Å². The summed E-state index contributed by atoms with van der Waals surface area (Å²) in [6.45, 7) is 9.60. The molecule has 0 amide bonds. The standard InChI is InChI=1S/C14H32N2/c1-4-6-8-12-16(13-9-7-5-2)14-10-11-15-3/h15H,4-14H2,1-3H3. The lowest BCUT2D eigenvalue weighted by Gasteiger charge is -2.22. The van der Waals surface area contributed by atoms with E-state index in [9.17, 15) is 0 Å². The van der Waals surface area contributed by atoms with Gasteiger partial charge in [-0.1, -0.05) is 39.5 Å². The molecule has 0 unspecified atom stereocenters. The first-order valence-electron chi connectivity index (χ1n) is 7.22. The van der Waals surface area contributed by atoms with Crippen molar-refractivity contribution in [3.63, 3.8) is 0 Å². The molecule has 1 N–H and O–H groups in total. The fraction of sp³-hybridized carbons (Fsp3) is 1.00. The highest BCUT2D eigenvalue weighted by Crippen LogP contribution is 2.03. The fourth-order valence-electron chi connectivity index (χ4n) is 1.99. The van der Waals surface area contributed by atoms with Gasteiger partial charge in [-0.3, -0.25) is 0 Å². The van der Waals surface area contributed by atoms with Crippen LogP contribution in [0.5, 0.6) is 0 Å². The van der Waals surface area contributed by atoms with Crippen LogP contribution in [0.3, 0.4) is 0 Å². The van der Waals surface area contributed by atoms with Gasteiger partial charge in [0.05, 0.1) is 0 Å². The fourth-order valence-corrected chi connectivity index (χ4v) is 1.99. The molecular formula is C14H32N2. The summed E-state index contributed by atoms with van der Waals surface area (Å²) in [5.74, 6) is 0. The van der Waals surface area contributed by atoms with E-state index in [2.05, 4.69) is 24.1 Å². The molecule has 0 radical (unpaired) electrons. The van der Waals surface area contributed by atoms with Gasteiger partial charge >= 0.3 is 0 Å². The molecule has 0 aliphatic heterocycles. The van der Waals surface area contributed by atoms with Gasteiger partial charge < -0.3 is 10.2 Å². The first-order valence-corrected chi connectivity index (χ1v) is 7.22. The number of hydrogen-bond acceptors (Lipinski definition) is 2. The van der Waals surface area contributed by atoms with Crippen LogP contribution in [-0.2, 0) is 0 Å². The van der Waals surface area contributed by atoms with Crippen LogP contribution in [0.15, 0.2) is 0 Å². The molecule has 0 saturated heterocycles. The third kappa shape index (κ3) is 10.4. The van der Waals surface area contributed by atoms with E-state index in [0.29, 0.717) is 0 Å². The topological polar surface area (TPSA) is 15.3 Å². The summed E-state index contributed by atoms with van der Waals surface area (Å²) in [5.41, 5.74) is 0. The summed E-state index contributed by atoms with van der Waals surface area (Å²) in [5, 5.41) is 3.23. The largest absolute Gasteiger partial charge is 0.320 e. The molecule has 2 heteroatoms. The molecule has 0 aliphatic rings. The second-order valence-corrected chi connectivity index (χ2v) is 4.71. The van der Waals surface area contributed by atoms with Gasteiger partial charge in [0.25, 0.3) is 0 Å². The van der Waals surface area contributed by atoms with Crippen molar-refractivity contribution < 1.29 is 0 Å². The molecule has 0 aromatic rings. The van der Waals surface area contributed by atoms with Gasteiger partial charge in [0, 0.05) is 0 Å². The summed E-state index contributed by atoms with van der Waals surface area (Å²) in [6.07, 6.45) is 9.48. The smallest absolute Gasteiger partial charge is 0.000664 e. The molecule has 0 atom stereocenters. The normalized spacial score (nSPS) is 11.2. The molecular weight excluding hydrogens is 196 g/mol. The molecule has 0 spiro atoms. The van der Waals surface area contributed by atoms with Crippen LogP contribution in [0.2, 0.25) is 0 Å². The maximum atomic E-state index is 3.23. The lowest BCUT2D eigenvalue weighted by Crippen LogP contribution is -2.29. The van der Waals surface area contributed by atoms with E-state index >= 15 is 0 Å². The molecule has 2 nitrogen and oxygen atoms in total. The van der Waals surface area contributed by atoms with Gasteiger partial charge in [0.1, 0.15) is 0 Å². The Morgan fingerprint density at radius 1 is 0.750 bits per heavy atom. The van der Waals surface area contributed by atoms with Crippen LogP contribution in [-0.4, -0.2) is 38.1 Å². The summed E-state index contributed by atoms with van der Waals surface area (Å²) in [6, 6.07) is 0. The van der Waals surface area contributed by atoms with Crippen molar-refractivity contribution in [2.75, 3.05) is 33.2 Å². The van der Waals surface area contributed by atoms with Crippen LogP contribution >= 0.6 is 0 Å². The second-order valence-electron chi connectivity index (χ2n) is 4.71. The van der Waals surface area contributed by atoms with Crippen molar-refractivity contribution in [3.05, 3.63) is 0 Å². The zero-order valence-corrected chi connectivity index (χ0v) is 11.7. The second kappa shape index (κ2) is 13.0. The zero-order chi connectivity index (χ0) is 12.1. The Kier molecular flexibility index (Phi) is 12.9. The Bertz CT molecular complexity index is 102. The highest BCUT2D eigenvalue weighted by Gasteiger charge is 2.03. The van der Waals surface area contributed by atoms with Crippen LogP contribution < -0.4 is 5.32 Å². The third-order valence-electron chi connectivity index (χ3n) is 3.06. The number of rotatable bonds is 12. The number of hydrogen-bond donors (Lipinski definition) is 1. The molecule has 0 aliphatic carbocycles. The average Bonchev–Trinajstić information content (AvgIpc) is 2.29. The van der Waals surface area contributed by atoms with E-state index < -0.39 is 0 Å². The highest BCUT2D eigenvalue weighted by atomic mass is 15.1. The molecule has 98 valence electrons. The van der Waals surface area contributed by atoms with Crippen molar-refractivity contribution in [2.24, 2.45) is 0 Å². The Labute approximate surface area is 103 Å². The monoisotopic (exact) mass is 228 g/mol. The maximum absolute atomic E-state index is 3.23. The quantitative estimate of drug-likeness (QED) is 0.516. The number of nitrogens with zero attached hydrogens (tertiary/aromatic N) is 1. The third-order valence-corrected chi connectivity index (χ3v) is 3.06. The molecule has 0 rings (SSSR count). The molecule has 0 fully saturated rings. The zero-order valence-electron chi connectivity index (χ0n) is 11.7. The molecule has 16 heavy (non-hydrogen) atoms. The Morgan fingerprint density at radius 2 is 1.25 bits per heavy atom.